The van der Waals surface area contributed by atoms with Gasteiger partial charge in [-0.05, 0) is 39.8 Å². The average Bonchev–Trinajstić information content (AvgIpc) is 2.59. The third-order valence-electron chi connectivity index (χ3n) is 3.87. The first-order valence-electron chi connectivity index (χ1n) is 8.97. The van der Waals surface area contributed by atoms with Gasteiger partial charge in [-0.25, -0.2) is 4.79 Å². The Balaban J connectivity index is 1.90. The summed E-state index contributed by atoms with van der Waals surface area (Å²) < 4.78 is 10.9. The molecule has 1 fully saturated rings. The second-order valence-electron chi connectivity index (χ2n) is 7.10. The monoisotopic (exact) mass is 360 g/mol. The lowest BCUT2D eigenvalue weighted by molar-refractivity contribution is -0.127. The summed E-state index contributed by atoms with van der Waals surface area (Å²) in [6, 6.07) is 7.61. The molecule has 0 saturated carbocycles. The molecule has 0 aromatic heterocycles. The van der Waals surface area contributed by atoms with Gasteiger partial charge in [-0.2, -0.15) is 0 Å². The highest BCUT2D eigenvalue weighted by atomic mass is 16.6. The van der Waals surface area contributed by atoms with Crippen LogP contribution in [0.4, 0.5) is 4.79 Å². The van der Waals surface area contributed by atoms with Crippen LogP contribution >= 0.6 is 0 Å². The summed E-state index contributed by atoms with van der Waals surface area (Å²) in [4.78, 5) is 27.9. The van der Waals surface area contributed by atoms with Gasteiger partial charge in [0.2, 0.25) is 5.91 Å². The summed E-state index contributed by atoms with van der Waals surface area (Å²) in [6.07, 6.45) is 3.00. The fourth-order valence-electron chi connectivity index (χ4n) is 2.61. The SMILES string of the molecule is CCOc1ccccc1/C=C/C(=O)N1CCN(C(=O)OC(C)(C)C)CC1. The predicted molar refractivity (Wildman–Crippen MR) is 101 cm³/mol. The molecular weight excluding hydrogens is 332 g/mol. The molecule has 0 N–H and O–H groups in total. The second-order valence-corrected chi connectivity index (χ2v) is 7.10. The van der Waals surface area contributed by atoms with Crippen LogP contribution in [0, 0.1) is 0 Å². The summed E-state index contributed by atoms with van der Waals surface area (Å²) in [5.74, 6) is 0.689. The van der Waals surface area contributed by atoms with Gasteiger partial charge >= 0.3 is 6.09 Å². The number of nitrogens with zero attached hydrogens (tertiary/aromatic N) is 2. The topological polar surface area (TPSA) is 59.1 Å². The van der Waals surface area contributed by atoms with Gasteiger partial charge in [-0.3, -0.25) is 4.79 Å². The van der Waals surface area contributed by atoms with Crippen LogP contribution < -0.4 is 4.74 Å². The Hall–Kier alpha value is -2.50. The van der Waals surface area contributed by atoms with Crippen molar-refractivity contribution in [3.63, 3.8) is 0 Å². The van der Waals surface area contributed by atoms with E-state index < -0.39 is 5.60 Å². The molecule has 6 heteroatoms. The van der Waals surface area contributed by atoms with Gasteiger partial charge in [0.05, 0.1) is 6.61 Å². The van der Waals surface area contributed by atoms with E-state index in [-0.39, 0.29) is 12.0 Å². The van der Waals surface area contributed by atoms with E-state index >= 15 is 0 Å². The van der Waals surface area contributed by atoms with Gasteiger partial charge in [0, 0.05) is 37.8 Å². The van der Waals surface area contributed by atoms with Crippen molar-refractivity contribution in [1.29, 1.82) is 0 Å². The Kier molecular flexibility index (Phi) is 6.66. The lowest BCUT2D eigenvalue weighted by Gasteiger charge is -2.35. The van der Waals surface area contributed by atoms with Gasteiger partial charge in [-0.15, -0.1) is 0 Å². The molecule has 2 amide bonds. The minimum absolute atomic E-state index is 0.0693. The Labute approximate surface area is 155 Å². The maximum atomic E-state index is 12.4. The van der Waals surface area contributed by atoms with Crippen molar-refractivity contribution < 1.29 is 19.1 Å². The second kappa shape index (κ2) is 8.74. The molecule has 1 aliphatic rings. The minimum atomic E-state index is -0.513. The lowest BCUT2D eigenvalue weighted by Crippen LogP contribution is -2.51. The number of hydrogen-bond donors (Lipinski definition) is 0. The Morgan fingerprint density at radius 2 is 1.69 bits per heavy atom. The summed E-state index contributed by atoms with van der Waals surface area (Å²) in [6.45, 7) is 9.97. The van der Waals surface area contributed by atoms with Crippen LogP contribution in [0.2, 0.25) is 0 Å². The molecule has 1 aliphatic heterocycles. The van der Waals surface area contributed by atoms with E-state index in [2.05, 4.69) is 0 Å². The molecule has 142 valence electrons. The molecule has 1 saturated heterocycles. The normalized spacial score (nSPS) is 15.2. The van der Waals surface area contributed by atoms with Crippen LogP contribution in [-0.4, -0.2) is 60.2 Å². The van der Waals surface area contributed by atoms with Crippen LogP contribution in [0.1, 0.15) is 33.3 Å². The van der Waals surface area contributed by atoms with Crippen LogP contribution in [-0.2, 0) is 9.53 Å². The Bertz CT molecular complexity index is 656. The first kappa shape index (κ1) is 19.8. The Morgan fingerprint density at radius 3 is 2.31 bits per heavy atom. The number of piperazine rings is 1. The van der Waals surface area contributed by atoms with E-state index in [1.165, 1.54) is 0 Å². The molecule has 6 nitrogen and oxygen atoms in total. The number of rotatable bonds is 4. The first-order valence-corrected chi connectivity index (χ1v) is 8.97. The van der Waals surface area contributed by atoms with Crippen molar-refractivity contribution in [2.24, 2.45) is 0 Å². The third-order valence-corrected chi connectivity index (χ3v) is 3.87. The lowest BCUT2D eigenvalue weighted by atomic mass is 10.2. The zero-order chi connectivity index (χ0) is 19.2. The molecule has 26 heavy (non-hydrogen) atoms. The van der Waals surface area contributed by atoms with Crippen molar-refractivity contribution >= 4 is 18.1 Å². The highest BCUT2D eigenvalue weighted by molar-refractivity contribution is 5.92. The molecule has 1 aromatic rings. The van der Waals surface area contributed by atoms with Crippen molar-refractivity contribution in [2.45, 2.75) is 33.3 Å². The molecule has 0 radical (unpaired) electrons. The van der Waals surface area contributed by atoms with Gasteiger partial charge in [-0.1, -0.05) is 18.2 Å². The molecule has 1 aromatic carbocycles. The largest absolute Gasteiger partial charge is 0.493 e. The third kappa shape index (κ3) is 5.79. The molecule has 2 rings (SSSR count). The number of ether oxygens (including phenoxy) is 2. The van der Waals surface area contributed by atoms with E-state index in [0.29, 0.717) is 32.8 Å². The fourth-order valence-corrected chi connectivity index (χ4v) is 2.61. The molecule has 0 unspecified atom stereocenters. The summed E-state index contributed by atoms with van der Waals surface area (Å²) in [7, 11) is 0. The zero-order valence-electron chi connectivity index (χ0n) is 16.0. The van der Waals surface area contributed by atoms with E-state index in [1.807, 2.05) is 52.0 Å². The van der Waals surface area contributed by atoms with Gasteiger partial charge in [0.25, 0.3) is 0 Å². The van der Waals surface area contributed by atoms with Crippen LogP contribution in [0.3, 0.4) is 0 Å². The molecule has 0 spiro atoms. The molecule has 0 bridgehead atoms. The average molecular weight is 360 g/mol. The summed E-state index contributed by atoms with van der Waals surface area (Å²) in [5, 5.41) is 0. The van der Waals surface area contributed by atoms with Gasteiger partial charge in [0.1, 0.15) is 11.4 Å². The van der Waals surface area contributed by atoms with Gasteiger partial charge in [0.15, 0.2) is 0 Å². The number of amides is 2. The van der Waals surface area contributed by atoms with Crippen LogP contribution in [0.25, 0.3) is 6.08 Å². The molecule has 0 atom stereocenters. The van der Waals surface area contributed by atoms with E-state index in [4.69, 9.17) is 9.47 Å². The fraction of sp³-hybridized carbons (Fsp3) is 0.500. The maximum absolute atomic E-state index is 12.4. The van der Waals surface area contributed by atoms with Crippen molar-refractivity contribution in [3.05, 3.63) is 35.9 Å². The zero-order valence-corrected chi connectivity index (χ0v) is 16.0. The van der Waals surface area contributed by atoms with Crippen LogP contribution in [0.15, 0.2) is 30.3 Å². The number of hydrogen-bond acceptors (Lipinski definition) is 4. The van der Waals surface area contributed by atoms with Crippen molar-refractivity contribution in [2.75, 3.05) is 32.8 Å². The van der Waals surface area contributed by atoms with Crippen molar-refractivity contribution in [3.8, 4) is 5.75 Å². The Morgan fingerprint density at radius 1 is 1.08 bits per heavy atom. The minimum Gasteiger partial charge on any atom is -0.493 e. The van der Waals surface area contributed by atoms with Crippen molar-refractivity contribution in [1.82, 2.24) is 9.80 Å². The first-order chi connectivity index (χ1) is 12.3. The molecular formula is C20H28N2O4. The number of carbonyl (C=O) groups is 2. The highest BCUT2D eigenvalue weighted by Crippen LogP contribution is 2.19. The summed E-state index contributed by atoms with van der Waals surface area (Å²) >= 11 is 0. The van der Waals surface area contributed by atoms with E-state index in [1.54, 1.807) is 22.0 Å². The smallest absolute Gasteiger partial charge is 0.410 e. The van der Waals surface area contributed by atoms with E-state index in [0.717, 1.165) is 11.3 Å². The van der Waals surface area contributed by atoms with Crippen LogP contribution in [0.5, 0.6) is 5.75 Å². The molecule has 0 aliphatic carbocycles. The number of para-hydroxylation sites is 1. The molecule has 1 heterocycles. The number of carbonyl (C=O) groups excluding carboxylic acids is 2. The predicted octanol–water partition coefficient (Wildman–Crippen LogP) is 3.18. The quantitative estimate of drug-likeness (QED) is 0.774. The summed E-state index contributed by atoms with van der Waals surface area (Å²) in [5.41, 5.74) is 0.357. The van der Waals surface area contributed by atoms with E-state index in [9.17, 15) is 9.59 Å². The maximum Gasteiger partial charge on any atom is 0.410 e. The highest BCUT2D eigenvalue weighted by Gasteiger charge is 2.26. The number of benzene rings is 1. The standard InChI is InChI=1S/C20H28N2O4/c1-5-25-17-9-7-6-8-16(17)10-11-18(23)21-12-14-22(15-13-21)19(24)26-20(2,3)4/h6-11H,5,12-15H2,1-4H3/b11-10+. The van der Waals surface area contributed by atoms with Gasteiger partial charge < -0.3 is 19.3 Å².